The second-order valence-corrected chi connectivity index (χ2v) is 9.27. The molecule has 0 aromatic heterocycles. The number of amides is 7. The zero-order chi connectivity index (χ0) is 34.8. The Hall–Kier alpha value is -3.95. The van der Waals surface area contributed by atoms with Crippen molar-refractivity contribution in [1.82, 2.24) is 37.2 Å². The highest BCUT2D eigenvalue weighted by Gasteiger charge is 2.29. The van der Waals surface area contributed by atoms with Crippen LogP contribution in [-0.2, 0) is 33.6 Å². The minimum Gasteiger partial charge on any atom is -0.365 e. The maximum absolute atomic E-state index is 12.7. The van der Waals surface area contributed by atoms with E-state index in [2.05, 4.69) is 26.6 Å². The number of carbonyl (C=O) groups excluding carboxylic acids is 7. The molecule has 0 aliphatic heterocycles. The summed E-state index contributed by atoms with van der Waals surface area (Å²) in [7, 11) is 0. The predicted molar refractivity (Wildman–Crippen MR) is 162 cm³/mol. The Morgan fingerprint density at radius 1 is 0.644 bits per heavy atom. The third-order valence-corrected chi connectivity index (χ3v) is 5.52. The van der Waals surface area contributed by atoms with E-state index in [0.717, 1.165) is 6.54 Å². The lowest BCUT2D eigenvalue weighted by molar-refractivity contribution is -0.139. The smallest absolute Gasteiger partial charge is 0.270 e. The van der Waals surface area contributed by atoms with Crippen LogP contribution in [0.2, 0.25) is 0 Å². The van der Waals surface area contributed by atoms with Crippen LogP contribution in [-0.4, -0.2) is 122 Å². The Kier molecular flexibility index (Phi) is 25.4. The van der Waals surface area contributed by atoms with Crippen LogP contribution in [0.5, 0.6) is 0 Å². The zero-order valence-electron chi connectivity index (χ0n) is 25.8. The van der Waals surface area contributed by atoms with Gasteiger partial charge < -0.3 is 70.4 Å². The third kappa shape index (κ3) is 19.8. The fourth-order valence-corrected chi connectivity index (χ4v) is 3.39. The summed E-state index contributed by atoms with van der Waals surface area (Å²) in [6.45, 7) is 4.78. The van der Waals surface area contributed by atoms with Crippen LogP contribution in [0, 0.1) is 0 Å². The van der Waals surface area contributed by atoms with Crippen LogP contribution in [0.25, 0.3) is 0 Å². The molecule has 0 aromatic rings. The van der Waals surface area contributed by atoms with Gasteiger partial charge in [-0.25, -0.2) is 0 Å². The molecule has 17 N–H and O–H groups in total. The topological polar surface area (TPSA) is 348 Å². The molecule has 0 bridgehead atoms. The van der Waals surface area contributed by atoms with Gasteiger partial charge in [0.2, 0.25) is 42.5 Å². The number of aliphatic hydroxyl groups is 2. The van der Waals surface area contributed by atoms with Crippen LogP contribution in [0.15, 0.2) is 0 Å². The van der Waals surface area contributed by atoms with E-state index in [9.17, 15) is 43.8 Å². The second-order valence-electron chi connectivity index (χ2n) is 9.27. The lowest BCUT2D eigenvalue weighted by Gasteiger charge is -2.24. The van der Waals surface area contributed by atoms with E-state index in [4.69, 9.17) is 22.9 Å². The van der Waals surface area contributed by atoms with Gasteiger partial charge in [-0.3, -0.25) is 33.6 Å². The van der Waals surface area contributed by atoms with Gasteiger partial charge in [0.25, 0.3) is 11.8 Å². The quantitative estimate of drug-likeness (QED) is 0.0295. The second kappa shape index (κ2) is 26.5. The monoisotopic (exact) mass is 649 g/mol. The summed E-state index contributed by atoms with van der Waals surface area (Å²) in [5.41, 5.74) is 21.3. The molecule has 0 heterocycles. The highest BCUT2D eigenvalue weighted by Crippen LogP contribution is 1.99. The molecule has 0 rings (SSSR count). The van der Waals surface area contributed by atoms with Crippen LogP contribution in [0.3, 0.4) is 0 Å². The molecule has 0 radical (unpaired) electrons. The van der Waals surface area contributed by atoms with Crippen molar-refractivity contribution < 1.29 is 43.8 Å². The van der Waals surface area contributed by atoms with Gasteiger partial charge in [0.15, 0.2) is 0 Å². The van der Waals surface area contributed by atoms with Crippen LogP contribution < -0.4 is 60.2 Å². The molecule has 5 atom stereocenters. The van der Waals surface area contributed by atoms with Crippen molar-refractivity contribution in [3.63, 3.8) is 0 Å². The fourth-order valence-electron chi connectivity index (χ4n) is 3.39. The van der Waals surface area contributed by atoms with Gasteiger partial charge in [-0.15, -0.1) is 0 Å². The Morgan fingerprint density at radius 3 is 1.58 bits per heavy atom. The lowest BCUT2D eigenvalue weighted by atomic mass is 10.1. The van der Waals surface area contributed by atoms with Crippen molar-refractivity contribution >= 4 is 41.9 Å². The average Bonchev–Trinajstić information content (AvgIpc) is 2.98. The van der Waals surface area contributed by atoms with E-state index in [1.165, 1.54) is 0 Å². The number of hydrogen-bond acceptors (Lipinski definition) is 13. The van der Waals surface area contributed by atoms with Gasteiger partial charge in [-0.2, -0.15) is 0 Å². The minimum absolute atomic E-state index is 0.0451. The Balaban J connectivity index is 0. The largest absolute Gasteiger partial charge is 0.365 e. The highest BCUT2D eigenvalue weighted by atomic mass is 16.3. The number of likely N-dealkylation sites (N-methyl/N-ethyl adjacent to an activating group) is 1. The molecular weight excluding hydrogens is 598 g/mol. The zero-order valence-corrected chi connectivity index (χ0v) is 25.8. The first-order valence-corrected chi connectivity index (χ1v) is 14.5. The van der Waals surface area contributed by atoms with Crippen molar-refractivity contribution in [2.45, 2.75) is 76.5 Å². The van der Waals surface area contributed by atoms with Crippen molar-refractivity contribution in [2.24, 2.45) is 22.9 Å². The third-order valence-electron chi connectivity index (χ3n) is 5.52. The van der Waals surface area contributed by atoms with E-state index < -0.39 is 60.1 Å². The van der Waals surface area contributed by atoms with Gasteiger partial charge in [-0.05, 0) is 58.8 Å². The SMILES string of the molecule is CCN.CCNC(=O)C(CCN)NC(=O)CCCNC(=O)C(O)NC(=O)C(CCN)NC(=O)C(CCN)NC(=O)C(O)NC=O. The molecule has 0 aromatic carbocycles. The van der Waals surface area contributed by atoms with Crippen LogP contribution in [0.1, 0.15) is 46.0 Å². The summed E-state index contributed by atoms with van der Waals surface area (Å²) in [6, 6.07) is -3.41. The number of nitrogens with two attached hydrogens (primary N) is 4. The molecule has 20 heteroatoms. The molecule has 0 spiro atoms. The highest BCUT2D eigenvalue weighted by molar-refractivity contribution is 5.94. The van der Waals surface area contributed by atoms with Gasteiger partial charge >= 0.3 is 0 Å². The molecule has 45 heavy (non-hydrogen) atoms. The number of rotatable bonds is 22. The summed E-state index contributed by atoms with van der Waals surface area (Å²) in [6.07, 6.45) is -3.71. The molecule has 0 saturated heterocycles. The maximum atomic E-state index is 12.7. The number of nitrogens with one attached hydrogen (secondary N) is 7. The van der Waals surface area contributed by atoms with E-state index in [1.54, 1.807) is 12.2 Å². The molecule has 7 amide bonds. The van der Waals surface area contributed by atoms with E-state index >= 15 is 0 Å². The van der Waals surface area contributed by atoms with Crippen molar-refractivity contribution in [1.29, 1.82) is 0 Å². The molecule has 0 fully saturated rings. The van der Waals surface area contributed by atoms with E-state index in [1.807, 2.05) is 12.2 Å². The summed E-state index contributed by atoms with van der Waals surface area (Å²) < 4.78 is 0. The molecule has 260 valence electrons. The summed E-state index contributed by atoms with van der Waals surface area (Å²) in [5.74, 6) is -4.74. The molecule has 20 nitrogen and oxygen atoms in total. The van der Waals surface area contributed by atoms with E-state index in [0.29, 0.717) is 6.54 Å². The molecule has 0 saturated carbocycles. The summed E-state index contributed by atoms with van der Waals surface area (Å²) in [4.78, 5) is 84.0. The van der Waals surface area contributed by atoms with Gasteiger partial charge in [-0.1, -0.05) is 6.92 Å². The standard InChI is InChI=1S/C23H44N10O9.C2H7N/c1-2-27-17(36)13(5-8-24)30-16(35)4-3-11-28-20(39)23(42)33-19(38)15(7-10-26)31-18(37)14(6-9-25)32-22(41)21(40)29-12-34;1-2-3/h12-15,21,23,40,42H,2-11,24-26H2,1H3,(H,27,36)(H,28,39)(H,29,34)(H,30,35)(H,31,37)(H,32,41)(H,33,38);2-3H2,1H3. The Bertz CT molecular complexity index is 927. The van der Waals surface area contributed by atoms with Gasteiger partial charge in [0.1, 0.15) is 18.1 Å². The fraction of sp³-hybridized carbons (Fsp3) is 0.720. The molecule has 0 aliphatic rings. The Morgan fingerprint density at radius 2 is 1.11 bits per heavy atom. The summed E-state index contributed by atoms with van der Waals surface area (Å²) in [5, 5.41) is 35.5. The lowest BCUT2D eigenvalue weighted by Crippen LogP contribution is -2.58. The molecular formula is C25H51N11O9. The van der Waals surface area contributed by atoms with Crippen LogP contribution >= 0.6 is 0 Å². The predicted octanol–water partition coefficient (Wildman–Crippen LogP) is -7.02. The summed E-state index contributed by atoms with van der Waals surface area (Å²) >= 11 is 0. The van der Waals surface area contributed by atoms with Crippen LogP contribution in [0.4, 0.5) is 0 Å². The number of hydrogen-bond donors (Lipinski definition) is 13. The number of aliphatic hydroxyl groups excluding tert-OH is 2. The van der Waals surface area contributed by atoms with Crippen molar-refractivity contribution in [2.75, 3.05) is 39.3 Å². The molecule has 0 aliphatic carbocycles. The van der Waals surface area contributed by atoms with Crippen molar-refractivity contribution in [3.05, 3.63) is 0 Å². The first-order valence-electron chi connectivity index (χ1n) is 14.5. The maximum Gasteiger partial charge on any atom is 0.270 e. The normalized spacial score (nSPS) is 13.6. The molecule has 5 unspecified atom stereocenters. The van der Waals surface area contributed by atoms with Crippen molar-refractivity contribution in [3.8, 4) is 0 Å². The first kappa shape index (κ1) is 43.2. The minimum atomic E-state index is -2.01. The van der Waals surface area contributed by atoms with E-state index in [-0.39, 0.29) is 70.6 Å². The average molecular weight is 650 g/mol. The first-order chi connectivity index (χ1) is 21.4. The van der Waals surface area contributed by atoms with Gasteiger partial charge in [0.05, 0.1) is 0 Å². The number of carbonyl (C=O) groups is 7. The van der Waals surface area contributed by atoms with Gasteiger partial charge in [0, 0.05) is 19.5 Å². The Labute approximate surface area is 261 Å².